The summed E-state index contributed by atoms with van der Waals surface area (Å²) < 4.78 is 69.2. The van der Waals surface area contributed by atoms with Gasteiger partial charge in [-0.05, 0) is 103 Å². The van der Waals surface area contributed by atoms with Crippen LogP contribution in [0.2, 0.25) is 0 Å². The van der Waals surface area contributed by atoms with Crippen molar-refractivity contribution < 1.29 is 76.9 Å². The molecule has 0 aromatic rings. The van der Waals surface area contributed by atoms with E-state index < -0.39 is 0 Å². The average Bonchev–Trinajstić information content (AvgIpc) is 4.07. The van der Waals surface area contributed by atoms with Gasteiger partial charge in [0.05, 0.1) is 168 Å². The molecule has 0 bridgehead atoms. The molecule has 0 spiro atoms. The van der Waals surface area contributed by atoms with Crippen molar-refractivity contribution in [2.24, 2.45) is 0 Å². The maximum absolute atomic E-state index is 9.97. The van der Waals surface area contributed by atoms with Gasteiger partial charge in [0.1, 0.15) is 0 Å². The first-order chi connectivity index (χ1) is 34.0. The molecule has 2 unspecified atom stereocenters. The summed E-state index contributed by atoms with van der Waals surface area (Å²) in [5, 5.41) is 29.9. The molecule has 0 amide bonds. The first-order valence-corrected chi connectivity index (χ1v) is 26.1. The molecule has 0 saturated carbocycles. The number of rotatable bonds is 30. The van der Waals surface area contributed by atoms with Crippen LogP contribution in [-0.4, -0.2) is 204 Å². The van der Waals surface area contributed by atoms with Crippen LogP contribution in [0.4, 0.5) is 0 Å². The predicted molar refractivity (Wildman–Crippen MR) is 267 cm³/mol. The normalized spacial score (nSPS) is 27.2. The molecule has 16 heteroatoms. The second kappa shape index (κ2) is 47.3. The number of aliphatic hydroxyl groups is 3. The molecule has 1 aliphatic heterocycles. The van der Waals surface area contributed by atoms with Crippen molar-refractivity contribution in [2.45, 2.75) is 152 Å². The van der Waals surface area contributed by atoms with Gasteiger partial charge in [-0.1, -0.05) is 48.6 Å². The minimum Gasteiger partial charge on any atom is -0.390 e. The van der Waals surface area contributed by atoms with Crippen molar-refractivity contribution in [3.8, 4) is 0 Å². The standard InChI is InChI=1S/3C15H28O5.C8H12O/c3*1-17-8-9-18-10-11-19-12-13-20-15-7-5-3-2-4-6-14(15)16;1-2-4-6-8-7(9-8)5-3-1/h3*2-3,14-16H,4-13H2,1H3;1-2,7-8H,3-6H2/b2*3-2+;3-2-;/t3*14-,15-;/m000./s1. The van der Waals surface area contributed by atoms with Crippen molar-refractivity contribution in [1.29, 1.82) is 0 Å². The molecule has 1 fully saturated rings. The lowest BCUT2D eigenvalue weighted by atomic mass is 10.0. The highest BCUT2D eigenvalue weighted by Crippen LogP contribution is 2.32. The van der Waals surface area contributed by atoms with Crippen LogP contribution in [-0.2, 0) is 61.6 Å². The van der Waals surface area contributed by atoms with Gasteiger partial charge in [-0.25, -0.2) is 0 Å². The Labute approximate surface area is 416 Å². The van der Waals surface area contributed by atoms with Crippen LogP contribution >= 0.6 is 0 Å². The SMILES string of the molecule is C1=CCCC2OC2CC1.COCCOCCOCCO[C@H]1CC/C=C/CC[C@@H]1O.COCCOCCOCCO[C@H]1CC/C=C/CC[C@@H]1O.COCCOCCOCCO[C@H]1CC/C=C\CC[C@@H]1O. The summed E-state index contributed by atoms with van der Waals surface area (Å²) in [7, 11) is 4.95. The monoisotopic (exact) mass is 989 g/mol. The van der Waals surface area contributed by atoms with Gasteiger partial charge in [-0.2, -0.15) is 0 Å². The maximum Gasteiger partial charge on any atom is 0.0845 e. The Bertz CT molecular complexity index is 1090. The third kappa shape index (κ3) is 37.7. The molecule has 1 saturated heterocycles. The Morgan fingerprint density at radius 1 is 0.304 bits per heavy atom. The van der Waals surface area contributed by atoms with E-state index in [2.05, 4.69) is 48.6 Å². The number of allylic oxidation sites excluding steroid dienone is 8. The Hall–Kier alpha value is -1.68. The summed E-state index contributed by atoms with van der Waals surface area (Å²) in [6, 6.07) is 0. The Morgan fingerprint density at radius 2 is 0.522 bits per heavy atom. The molecule has 5 rings (SSSR count). The predicted octanol–water partition coefficient (Wildman–Crippen LogP) is 6.51. The zero-order chi connectivity index (χ0) is 49.5. The Balaban J connectivity index is 0.000000325. The van der Waals surface area contributed by atoms with Gasteiger partial charge in [-0.3, -0.25) is 0 Å². The largest absolute Gasteiger partial charge is 0.390 e. The first kappa shape index (κ1) is 63.4. The topological polar surface area (TPSA) is 184 Å². The Morgan fingerprint density at radius 3 is 0.783 bits per heavy atom. The van der Waals surface area contributed by atoms with Gasteiger partial charge in [-0.15, -0.1) is 0 Å². The zero-order valence-electron chi connectivity index (χ0n) is 42.9. The summed E-state index contributed by atoms with van der Waals surface area (Å²) >= 11 is 0. The third-order valence-corrected chi connectivity index (χ3v) is 11.7. The van der Waals surface area contributed by atoms with Gasteiger partial charge in [0.15, 0.2) is 0 Å². The van der Waals surface area contributed by atoms with Crippen molar-refractivity contribution in [1.82, 2.24) is 0 Å². The molecule has 69 heavy (non-hydrogen) atoms. The highest BCUT2D eigenvalue weighted by Gasteiger charge is 2.37. The molecule has 4 aliphatic carbocycles. The van der Waals surface area contributed by atoms with E-state index in [0.29, 0.717) is 131 Å². The molecule has 1 heterocycles. The molecule has 3 N–H and O–H groups in total. The van der Waals surface area contributed by atoms with E-state index in [4.69, 9.17) is 61.6 Å². The molecule has 8 atom stereocenters. The lowest BCUT2D eigenvalue weighted by Gasteiger charge is -2.24. The van der Waals surface area contributed by atoms with Crippen LogP contribution in [0.3, 0.4) is 0 Å². The van der Waals surface area contributed by atoms with E-state index in [1.165, 1.54) is 25.7 Å². The number of hydrogen-bond acceptors (Lipinski definition) is 16. The van der Waals surface area contributed by atoms with Crippen LogP contribution in [0, 0.1) is 0 Å². The van der Waals surface area contributed by atoms with E-state index in [0.717, 1.165) is 77.0 Å². The average molecular weight is 989 g/mol. The molecular formula is C53H96O16. The van der Waals surface area contributed by atoms with Gasteiger partial charge >= 0.3 is 0 Å². The highest BCUT2D eigenvalue weighted by molar-refractivity contribution is 4.95. The van der Waals surface area contributed by atoms with Gasteiger partial charge < -0.3 is 76.9 Å². The van der Waals surface area contributed by atoms with Crippen molar-refractivity contribution in [2.75, 3.05) is 140 Å². The molecule has 404 valence electrons. The molecule has 16 nitrogen and oxygen atoms in total. The summed E-state index contributed by atoms with van der Waals surface area (Å²) in [5.41, 5.74) is 0. The van der Waals surface area contributed by atoms with E-state index in [-0.39, 0.29) is 36.6 Å². The number of hydrogen-bond donors (Lipinski definition) is 3. The van der Waals surface area contributed by atoms with Crippen molar-refractivity contribution >= 4 is 0 Å². The van der Waals surface area contributed by atoms with Gasteiger partial charge in [0, 0.05) is 21.3 Å². The second-order valence-corrected chi connectivity index (χ2v) is 17.3. The number of epoxide rings is 1. The fraction of sp³-hybridized carbons (Fsp3) is 0.849. The van der Waals surface area contributed by atoms with Crippen molar-refractivity contribution in [3.63, 3.8) is 0 Å². The number of methoxy groups -OCH3 is 3. The van der Waals surface area contributed by atoms with E-state index in [9.17, 15) is 15.3 Å². The first-order valence-electron chi connectivity index (χ1n) is 26.1. The van der Waals surface area contributed by atoms with Crippen molar-refractivity contribution in [3.05, 3.63) is 48.6 Å². The maximum atomic E-state index is 9.97. The van der Waals surface area contributed by atoms with E-state index >= 15 is 0 Å². The lowest BCUT2D eigenvalue weighted by Crippen LogP contribution is -2.30. The summed E-state index contributed by atoms with van der Waals surface area (Å²) in [5.74, 6) is 0. The van der Waals surface area contributed by atoms with Crippen LogP contribution in [0.1, 0.15) is 103 Å². The minimum absolute atomic E-state index is 0.0681. The van der Waals surface area contributed by atoms with Gasteiger partial charge in [0.2, 0.25) is 0 Å². The van der Waals surface area contributed by atoms with E-state index in [1.807, 2.05) is 0 Å². The van der Waals surface area contributed by atoms with Crippen LogP contribution in [0.15, 0.2) is 48.6 Å². The summed E-state index contributed by atoms with van der Waals surface area (Å²) in [6.07, 6.45) is 33.0. The minimum atomic E-state index is -0.364. The molecular weight excluding hydrogens is 893 g/mol. The molecule has 0 aromatic heterocycles. The fourth-order valence-corrected chi connectivity index (χ4v) is 7.62. The van der Waals surface area contributed by atoms with E-state index in [1.54, 1.807) is 21.3 Å². The van der Waals surface area contributed by atoms with Gasteiger partial charge in [0.25, 0.3) is 0 Å². The summed E-state index contributed by atoms with van der Waals surface area (Å²) in [4.78, 5) is 0. The molecule has 0 aromatic carbocycles. The second-order valence-electron chi connectivity index (χ2n) is 17.3. The summed E-state index contributed by atoms with van der Waals surface area (Å²) in [6.45, 7) is 10.2. The van der Waals surface area contributed by atoms with Crippen LogP contribution in [0.25, 0.3) is 0 Å². The number of fused-ring (bicyclic) bond motifs is 1. The number of aliphatic hydroxyl groups excluding tert-OH is 3. The Kier molecular flexibility index (Phi) is 43.5. The lowest BCUT2D eigenvalue weighted by molar-refractivity contribution is -0.0659. The molecule has 0 radical (unpaired) electrons. The fourth-order valence-electron chi connectivity index (χ4n) is 7.62. The highest BCUT2D eigenvalue weighted by atomic mass is 16.6. The zero-order valence-corrected chi connectivity index (χ0v) is 42.9. The number of ether oxygens (including phenoxy) is 13. The van der Waals surface area contributed by atoms with Crippen LogP contribution in [0.5, 0.6) is 0 Å². The third-order valence-electron chi connectivity index (χ3n) is 11.7. The quantitative estimate of drug-likeness (QED) is 0.0402. The molecule has 5 aliphatic rings. The van der Waals surface area contributed by atoms with Crippen LogP contribution < -0.4 is 0 Å². The smallest absolute Gasteiger partial charge is 0.0845 e.